The number of H-pyrrole nitrogens is 2. The van der Waals surface area contributed by atoms with Crippen LogP contribution in [0.1, 0.15) is 170 Å². The van der Waals surface area contributed by atoms with E-state index < -0.39 is 167 Å². The second-order valence-corrected chi connectivity index (χ2v) is 31.2. The molecule has 0 aliphatic carbocycles. The summed E-state index contributed by atoms with van der Waals surface area (Å²) in [7, 11) is 0. The van der Waals surface area contributed by atoms with Gasteiger partial charge in [-0.05, 0) is 124 Å². The summed E-state index contributed by atoms with van der Waals surface area (Å²) in [5, 5.41) is 43.8. The van der Waals surface area contributed by atoms with Crippen LogP contribution in [0.5, 0.6) is 0 Å². The molecule has 0 spiro atoms. The van der Waals surface area contributed by atoms with E-state index in [1.54, 1.807) is 106 Å². The maximum Gasteiger partial charge on any atom is 0.243 e. The van der Waals surface area contributed by atoms with Crippen LogP contribution in [-0.2, 0) is 70.4 Å². The second kappa shape index (κ2) is 50.4. The highest BCUT2D eigenvalue weighted by Gasteiger charge is 2.40. The lowest BCUT2D eigenvalue weighted by molar-refractivity contribution is -0.137. The molecular formula is C79H132N26O13. The lowest BCUT2D eigenvalue weighted by atomic mass is 9.95. The third kappa shape index (κ3) is 33.4. The predicted octanol–water partition coefficient (Wildman–Crippen LogP) is -2.62. The number of guanidine groups is 3. The summed E-state index contributed by atoms with van der Waals surface area (Å²) < 4.78 is 0. The molecule has 2 aromatic heterocycles. The van der Waals surface area contributed by atoms with Gasteiger partial charge in [-0.25, -0.2) is 0 Å². The smallest absolute Gasteiger partial charge is 0.243 e. The second-order valence-electron chi connectivity index (χ2n) is 31.2. The molecule has 0 bridgehead atoms. The van der Waals surface area contributed by atoms with Gasteiger partial charge in [0.25, 0.3) is 0 Å². The SMILES string of the molecule is CC[C@H](C)[C@H](NC(=O)[C@H](CCCN=C(N)N)NC(=O)[C@H](Cc1c[nH]c2ccccc12)NC(=O)[C@@H](NC(=O)[C@@H](NC(=O)[C@H](CC(C)C)NC(=O)[C@H](Cc1c[nH]c2ccccc12)NC(=O)[C@H](CCCN=C(N)N)NC(=O)[C@H](CCC(N)=O)NC(=O)[C@@H](N)C(C)C)[C@@H](C)CC)C(C)C)C(=O)N[C@@H](CCCN=C(N)N)C(O)N[C@@H](CCCCN)C(N)=O. The van der Waals surface area contributed by atoms with Crippen molar-refractivity contribution < 1.29 is 62.6 Å². The summed E-state index contributed by atoms with van der Waals surface area (Å²) in [6, 6.07) is -1.45. The van der Waals surface area contributed by atoms with E-state index in [0.29, 0.717) is 65.2 Å². The number of aliphatic hydroxyl groups is 1. The van der Waals surface area contributed by atoms with Crippen LogP contribution in [0.3, 0.4) is 0 Å². The van der Waals surface area contributed by atoms with Crippen LogP contribution in [0.2, 0.25) is 0 Å². The Morgan fingerprint density at radius 1 is 0.415 bits per heavy atom. The van der Waals surface area contributed by atoms with Gasteiger partial charge in [-0.3, -0.25) is 77.8 Å². The standard InChI is InChI=1S/C79H132N26O13/c1-11-44(9)63(75(117)99-54(28-20-34-91-78(86)87)66(108)95-52(65(83)107)26-17-18-32-80)104-69(111)55(29-21-35-92-79(88)89)97-70(112)59(38-47-40-94-51-25-16-14-23-49(47)51)102-74(116)62(43(7)8)103-76(118)64(45(10)12-2)105-72(114)57(36-41(3)4)100-71(113)58(37-46-39-93-50-24-15-13-22-48(46)50)101-67(109)53(27-19-33-90-77(84)85)96-68(110)56(30-31-60(81)106)98-73(115)61(82)42(5)6/h13-16,22-25,39-45,52-59,61-64,66,93-95,108H,11-12,17-21,26-38,80,82H2,1-10H3,(H2,81,106)(H2,83,107)(H,96,110)(H,97,112)(H,98,115)(H,99,117)(H,100,113)(H,101,109)(H,102,116)(H,103,118)(H,104,111)(H,105,114)(H4,84,85,90)(H4,86,87,91)(H4,88,89,92)/t44-,45-,52-,53-,54-,55-,56-,57-,58-,59-,61-,62-,63-,64-,66?/m0/s1. The van der Waals surface area contributed by atoms with Crippen LogP contribution < -0.4 is 116 Å². The van der Waals surface area contributed by atoms with Crippen molar-refractivity contribution in [2.45, 2.75) is 251 Å². The Balaban J connectivity index is 1.73. The van der Waals surface area contributed by atoms with E-state index in [1.165, 1.54) is 0 Å². The quantitative estimate of drug-likeness (QED) is 0.00931. The van der Waals surface area contributed by atoms with Crippen molar-refractivity contribution in [1.82, 2.24) is 68.5 Å². The molecule has 0 saturated carbocycles. The van der Waals surface area contributed by atoms with Crippen LogP contribution in [-0.4, -0.2) is 209 Å². The number of rotatable bonds is 55. The first-order valence-corrected chi connectivity index (χ1v) is 40.6. The van der Waals surface area contributed by atoms with Crippen molar-refractivity contribution in [3.63, 3.8) is 0 Å². The van der Waals surface area contributed by atoms with Gasteiger partial charge in [-0.15, -0.1) is 0 Å². The fourth-order valence-electron chi connectivity index (χ4n) is 13.1. The average molecular weight is 1650 g/mol. The number of aliphatic imine (C=N–C) groups is 3. The minimum Gasteiger partial charge on any atom is -0.376 e. The van der Waals surface area contributed by atoms with Gasteiger partial charge in [0, 0.05) is 73.1 Å². The number of hydrogen-bond acceptors (Lipinski definition) is 19. The van der Waals surface area contributed by atoms with Crippen LogP contribution in [0.15, 0.2) is 75.9 Å². The van der Waals surface area contributed by atoms with Gasteiger partial charge in [0.15, 0.2) is 17.9 Å². The minimum absolute atomic E-state index is 0.00308. The predicted molar refractivity (Wildman–Crippen MR) is 453 cm³/mol. The van der Waals surface area contributed by atoms with Crippen molar-refractivity contribution in [2.75, 3.05) is 26.2 Å². The van der Waals surface area contributed by atoms with Crippen LogP contribution in [0, 0.1) is 29.6 Å². The molecule has 656 valence electrons. The first-order chi connectivity index (χ1) is 55.8. The van der Waals surface area contributed by atoms with E-state index in [9.17, 15) is 38.7 Å². The van der Waals surface area contributed by atoms with Gasteiger partial charge in [-0.1, -0.05) is 125 Å². The molecule has 39 nitrogen and oxygen atoms in total. The number of carbonyl (C=O) groups is 12. The molecule has 15 atom stereocenters. The molecule has 2 aromatic carbocycles. The van der Waals surface area contributed by atoms with Gasteiger partial charge in [0.2, 0.25) is 70.9 Å². The molecule has 0 radical (unpaired) electrons. The summed E-state index contributed by atoms with van der Waals surface area (Å²) in [6.45, 7) is 17.8. The van der Waals surface area contributed by atoms with Crippen molar-refractivity contribution in [1.29, 1.82) is 0 Å². The monoisotopic (exact) mass is 1650 g/mol. The van der Waals surface area contributed by atoms with E-state index >= 15 is 24.0 Å². The number of hydrogen-bond donors (Lipinski definition) is 24. The highest BCUT2D eigenvalue weighted by Crippen LogP contribution is 2.23. The molecule has 118 heavy (non-hydrogen) atoms. The molecule has 4 aromatic rings. The maximum absolute atomic E-state index is 15.3. The minimum atomic E-state index is -1.55. The Labute approximate surface area is 689 Å². The Morgan fingerprint density at radius 2 is 0.788 bits per heavy atom. The number of unbranched alkanes of at least 4 members (excludes halogenated alkanes) is 1. The molecule has 1 unspecified atom stereocenters. The third-order valence-corrected chi connectivity index (χ3v) is 20.5. The Bertz CT molecular complexity index is 4040. The highest BCUT2D eigenvalue weighted by atomic mass is 16.3. The van der Waals surface area contributed by atoms with Crippen molar-refractivity contribution in [3.8, 4) is 0 Å². The topological polar surface area (TPSA) is 686 Å². The Kier molecular flexibility index (Phi) is 42.4. The summed E-state index contributed by atoms with van der Waals surface area (Å²) in [5.74, 6) is -12.9. The fourth-order valence-corrected chi connectivity index (χ4v) is 13.1. The number of nitrogens with one attached hydrogen (secondary N) is 13. The normalized spacial score (nSPS) is 15.3. The molecule has 0 aliphatic heterocycles. The van der Waals surface area contributed by atoms with Crippen molar-refractivity contribution in [2.24, 2.45) is 102 Å². The number of amides is 12. The van der Waals surface area contributed by atoms with Gasteiger partial charge in [0.05, 0.1) is 18.1 Å². The first-order valence-electron chi connectivity index (χ1n) is 40.6. The van der Waals surface area contributed by atoms with E-state index in [-0.39, 0.29) is 126 Å². The van der Waals surface area contributed by atoms with Crippen LogP contribution in [0.4, 0.5) is 0 Å². The number of aromatic nitrogens is 2. The molecule has 0 aliphatic rings. The molecule has 4 rings (SSSR count). The lowest BCUT2D eigenvalue weighted by Crippen LogP contribution is -2.62. The average Bonchev–Trinajstić information content (AvgIpc) is 1.57. The molecule has 39 heteroatoms. The summed E-state index contributed by atoms with van der Waals surface area (Å²) in [6.07, 6.45) is 3.08. The largest absolute Gasteiger partial charge is 0.376 e. The number of aliphatic hydroxyl groups excluding tert-OH is 1. The number of benzene rings is 2. The highest BCUT2D eigenvalue weighted by molar-refractivity contribution is 6.00. The molecule has 0 saturated heterocycles. The van der Waals surface area contributed by atoms with Gasteiger partial charge < -0.3 is 126 Å². The van der Waals surface area contributed by atoms with Crippen molar-refractivity contribution >= 4 is 111 Å². The molecular weight excluding hydrogens is 1520 g/mol. The van der Waals surface area contributed by atoms with E-state index in [4.69, 9.17) is 57.3 Å². The number of fused-ring (bicyclic) bond motifs is 2. The zero-order chi connectivity index (χ0) is 88.0. The maximum atomic E-state index is 15.3. The van der Waals surface area contributed by atoms with Crippen LogP contribution >= 0.6 is 0 Å². The van der Waals surface area contributed by atoms with Gasteiger partial charge in [0.1, 0.15) is 60.6 Å². The zero-order valence-corrected chi connectivity index (χ0v) is 69.8. The third-order valence-electron chi connectivity index (χ3n) is 20.5. The van der Waals surface area contributed by atoms with Gasteiger partial charge in [-0.2, -0.15) is 0 Å². The number of carbonyl (C=O) groups excluding carboxylic acids is 12. The number of nitrogens with two attached hydrogens (primary N) is 10. The molecule has 12 amide bonds. The number of aromatic amines is 2. The molecule has 2 heterocycles. The van der Waals surface area contributed by atoms with E-state index in [2.05, 4.69) is 83.4 Å². The molecule has 34 N–H and O–H groups in total. The van der Waals surface area contributed by atoms with Crippen LogP contribution in [0.25, 0.3) is 21.8 Å². The van der Waals surface area contributed by atoms with Gasteiger partial charge >= 0.3 is 0 Å². The van der Waals surface area contributed by atoms with Crippen molar-refractivity contribution in [3.05, 3.63) is 72.1 Å². The summed E-state index contributed by atoms with van der Waals surface area (Å²) >= 11 is 0. The first kappa shape index (κ1) is 99.2. The number of primary amides is 2. The zero-order valence-electron chi connectivity index (χ0n) is 69.8. The van der Waals surface area contributed by atoms with E-state index in [1.807, 2.05) is 24.3 Å². The Morgan fingerprint density at radius 3 is 1.21 bits per heavy atom. The number of para-hydroxylation sites is 2. The lowest BCUT2D eigenvalue weighted by Gasteiger charge is -2.32. The number of nitrogens with zero attached hydrogens (tertiary/aromatic N) is 3. The fraction of sp³-hybridized carbons (Fsp3) is 0.608. The van der Waals surface area contributed by atoms with E-state index in [0.717, 1.165) is 0 Å². The Hall–Kier alpha value is -11.2. The molecule has 0 fully saturated rings. The summed E-state index contributed by atoms with van der Waals surface area (Å²) in [4.78, 5) is 191. The summed E-state index contributed by atoms with van der Waals surface area (Å²) in [5.41, 5.74) is 59.3.